The summed E-state index contributed by atoms with van der Waals surface area (Å²) in [5, 5.41) is 12.8. The van der Waals surface area contributed by atoms with Gasteiger partial charge in [0, 0.05) is 43.0 Å². The van der Waals surface area contributed by atoms with E-state index in [0.717, 1.165) is 17.1 Å². The van der Waals surface area contributed by atoms with Gasteiger partial charge in [0.1, 0.15) is 12.3 Å². The molecule has 3 aromatic rings. The van der Waals surface area contributed by atoms with Crippen LogP contribution in [-0.4, -0.2) is 43.1 Å². The molecule has 2 heterocycles. The molecule has 0 aromatic heterocycles. The van der Waals surface area contributed by atoms with Crippen molar-refractivity contribution in [2.24, 2.45) is 5.73 Å². The maximum Gasteiger partial charge on any atom is 0.254 e. The summed E-state index contributed by atoms with van der Waals surface area (Å²) in [6, 6.07) is 22.0. The second-order valence-electron chi connectivity index (χ2n) is 8.88. The Bertz CT molecular complexity index is 1240. The third-order valence-electron chi connectivity index (χ3n) is 6.50. The summed E-state index contributed by atoms with van der Waals surface area (Å²) in [5.41, 5.74) is 9.63. The molecule has 0 fully saturated rings. The number of para-hydroxylation sites is 3. The van der Waals surface area contributed by atoms with E-state index in [4.69, 9.17) is 5.73 Å². The molecule has 5 rings (SSSR count). The molecule has 2 atom stereocenters. The van der Waals surface area contributed by atoms with Gasteiger partial charge in [-0.3, -0.25) is 14.4 Å². The average Bonchev–Trinajstić information content (AvgIpc) is 2.89. The van der Waals surface area contributed by atoms with Crippen molar-refractivity contribution in [2.75, 3.05) is 28.6 Å². The predicted octanol–water partition coefficient (Wildman–Crippen LogP) is 2.74. The van der Waals surface area contributed by atoms with Crippen LogP contribution in [0.2, 0.25) is 0 Å². The van der Waals surface area contributed by atoms with Gasteiger partial charge in [0.15, 0.2) is 0 Å². The van der Waals surface area contributed by atoms with Crippen molar-refractivity contribution in [1.82, 2.24) is 10.6 Å². The van der Waals surface area contributed by atoms with Crippen LogP contribution in [0.4, 0.5) is 17.1 Å². The number of carbonyl (C=O) groups excluding carboxylic acids is 3. The maximum atomic E-state index is 12.5. The highest BCUT2D eigenvalue weighted by Gasteiger charge is 2.26. The van der Waals surface area contributed by atoms with Gasteiger partial charge in [-0.05, 0) is 36.4 Å². The Balaban J connectivity index is 1.31. The van der Waals surface area contributed by atoms with E-state index in [1.807, 2.05) is 48.5 Å². The molecule has 36 heavy (non-hydrogen) atoms. The van der Waals surface area contributed by atoms with Gasteiger partial charge in [0.2, 0.25) is 0 Å². The first kappa shape index (κ1) is 23.2. The number of nitrogens with zero attached hydrogens (tertiary/aromatic N) is 1. The molecule has 9 nitrogen and oxygen atoms in total. The molecule has 0 spiro atoms. The van der Waals surface area contributed by atoms with E-state index in [2.05, 4.69) is 26.2 Å². The number of carbonyl (C=O) groups is 3. The first-order chi connectivity index (χ1) is 17.5. The van der Waals surface area contributed by atoms with Crippen molar-refractivity contribution in [3.8, 4) is 0 Å². The highest BCUT2D eigenvalue weighted by Crippen LogP contribution is 2.25. The SMILES string of the molecule is NC(=O)c1ccccc1N(CCC1NC(=O)c2ccccc2N1)CCC1NC(=O)c2ccccc2N1. The minimum atomic E-state index is -0.508. The summed E-state index contributed by atoms with van der Waals surface area (Å²) in [6.07, 6.45) is 0.631. The fourth-order valence-corrected chi connectivity index (χ4v) is 4.70. The van der Waals surface area contributed by atoms with Crippen molar-refractivity contribution in [3.05, 3.63) is 89.5 Å². The van der Waals surface area contributed by atoms with Crippen LogP contribution in [-0.2, 0) is 0 Å². The lowest BCUT2D eigenvalue weighted by atomic mass is 10.1. The topological polar surface area (TPSA) is 129 Å². The molecule has 6 N–H and O–H groups in total. The van der Waals surface area contributed by atoms with E-state index < -0.39 is 5.91 Å². The summed E-state index contributed by atoms with van der Waals surface area (Å²) in [7, 11) is 0. The Hall–Kier alpha value is -4.53. The maximum absolute atomic E-state index is 12.5. The van der Waals surface area contributed by atoms with Crippen molar-refractivity contribution < 1.29 is 14.4 Å². The molecular formula is C27H28N6O3. The number of hydrogen-bond donors (Lipinski definition) is 5. The Morgan fingerprint density at radius 3 is 1.69 bits per heavy atom. The quantitative estimate of drug-likeness (QED) is 0.334. The van der Waals surface area contributed by atoms with Crippen molar-refractivity contribution >= 4 is 34.8 Å². The van der Waals surface area contributed by atoms with E-state index in [1.165, 1.54) is 0 Å². The van der Waals surface area contributed by atoms with Gasteiger partial charge in [-0.25, -0.2) is 0 Å². The fourth-order valence-electron chi connectivity index (χ4n) is 4.70. The van der Waals surface area contributed by atoms with Crippen LogP contribution in [0.3, 0.4) is 0 Å². The lowest BCUT2D eigenvalue weighted by Crippen LogP contribution is -2.48. The minimum Gasteiger partial charge on any atom is -0.371 e. The number of primary amides is 1. The van der Waals surface area contributed by atoms with Gasteiger partial charge in [-0.15, -0.1) is 0 Å². The van der Waals surface area contributed by atoms with Crippen LogP contribution < -0.4 is 31.9 Å². The van der Waals surface area contributed by atoms with Crippen LogP contribution in [0.15, 0.2) is 72.8 Å². The lowest BCUT2D eigenvalue weighted by Gasteiger charge is -2.34. The number of benzene rings is 3. The number of anilines is 3. The number of amides is 3. The Morgan fingerprint density at radius 2 is 1.17 bits per heavy atom. The summed E-state index contributed by atoms with van der Waals surface area (Å²) in [4.78, 5) is 39.3. The Morgan fingerprint density at radius 1 is 0.694 bits per heavy atom. The van der Waals surface area contributed by atoms with E-state index in [9.17, 15) is 14.4 Å². The molecule has 2 unspecified atom stereocenters. The molecule has 2 aliphatic rings. The molecule has 9 heteroatoms. The summed E-state index contributed by atoms with van der Waals surface area (Å²) in [5.74, 6) is -0.746. The second-order valence-corrected chi connectivity index (χ2v) is 8.88. The average molecular weight is 485 g/mol. The minimum absolute atomic E-state index is 0.119. The first-order valence-corrected chi connectivity index (χ1v) is 12.0. The Labute approximate surface area is 209 Å². The predicted molar refractivity (Wildman–Crippen MR) is 139 cm³/mol. The van der Waals surface area contributed by atoms with Gasteiger partial charge in [-0.2, -0.15) is 0 Å². The van der Waals surface area contributed by atoms with Crippen molar-refractivity contribution in [2.45, 2.75) is 25.2 Å². The van der Waals surface area contributed by atoms with Crippen molar-refractivity contribution in [3.63, 3.8) is 0 Å². The Kier molecular flexibility index (Phi) is 6.44. The summed E-state index contributed by atoms with van der Waals surface area (Å²) >= 11 is 0. The second kappa shape index (κ2) is 9.99. The molecule has 184 valence electrons. The number of hydrogen-bond acceptors (Lipinski definition) is 6. The number of fused-ring (bicyclic) bond motifs is 2. The fraction of sp³-hybridized carbons (Fsp3) is 0.222. The van der Waals surface area contributed by atoms with Gasteiger partial charge in [0.25, 0.3) is 17.7 Å². The largest absolute Gasteiger partial charge is 0.371 e. The summed E-state index contributed by atoms with van der Waals surface area (Å²) in [6.45, 7) is 1.09. The van der Waals surface area contributed by atoms with Crippen LogP contribution in [0.5, 0.6) is 0 Å². The third-order valence-corrected chi connectivity index (χ3v) is 6.50. The molecule has 0 saturated carbocycles. The molecule has 0 aliphatic carbocycles. The van der Waals surface area contributed by atoms with Crippen molar-refractivity contribution in [1.29, 1.82) is 0 Å². The van der Waals surface area contributed by atoms with Crippen LogP contribution in [0.1, 0.15) is 43.9 Å². The van der Waals surface area contributed by atoms with Crippen LogP contribution in [0.25, 0.3) is 0 Å². The van der Waals surface area contributed by atoms with Crippen LogP contribution >= 0.6 is 0 Å². The lowest BCUT2D eigenvalue weighted by molar-refractivity contribution is 0.0927. The number of nitrogens with one attached hydrogen (secondary N) is 4. The molecule has 2 aliphatic heterocycles. The standard InChI is InChI=1S/C27H28N6O3/c28-25(34)19-9-3-6-12-22(19)33(15-13-23-29-20-10-4-1-7-17(20)26(35)31-23)16-14-24-30-21-11-5-2-8-18(21)27(36)32-24/h1-12,23-24,29-30H,13-16H2,(H2,28,34)(H,31,35)(H,32,36). The van der Waals surface area contributed by atoms with E-state index in [1.54, 1.807) is 24.3 Å². The molecule has 0 saturated heterocycles. The van der Waals surface area contributed by atoms with Gasteiger partial charge < -0.3 is 31.9 Å². The van der Waals surface area contributed by atoms with Gasteiger partial charge in [-0.1, -0.05) is 36.4 Å². The monoisotopic (exact) mass is 484 g/mol. The van der Waals surface area contributed by atoms with E-state index >= 15 is 0 Å². The van der Waals surface area contributed by atoms with Gasteiger partial charge in [0.05, 0.1) is 16.7 Å². The zero-order valence-electron chi connectivity index (χ0n) is 19.7. The van der Waals surface area contributed by atoms with E-state index in [-0.39, 0.29) is 24.1 Å². The summed E-state index contributed by atoms with van der Waals surface area (Å²) < 4.78 is 0. The molecule has 0 radical (unpaired) electrons. The number of nitrogens with two attached hydrogens (primary N) is 1. The zero-order valence-corrected chi connectivity index (χ0v) is 19.7. The normalized spacial score (nSPS) is 18.0. The first-order valence-electron chi connectivity index (χ1n) is 12.0. The highest BCUT2D eigenvalue weighted by atomic mass is 16.2. The molecule has 3 amide bonds. The molecular weight excluding hydrogens is 456 g/mol. The highest BCUT2D eigenvalue weighted by molar-refractivity contribution is 6.02. The van der Waals surface area contributed by atoms with Gasteiger partial charge >= 0.3 is 0 Å². The smallest absolute Gasteiger partial charge is 0.254 e. The number of rotatable bonds is 8. The molecule has 0 bridgehead atoms. The third kappa shape index (κ3) is 4.81. The van der Waals surface area contributed by atoms with Crippen LogP contribution in [0, 0.1) is 0 Å². The molecule has 3 aromatic carbocycles. The zero-order chi connectivity index (χ0) is 25.1. The van der Waals surface area contributed by atoms with E-state index in [0.29, 0.717) is 42.6 Å².